The predicted molar refractivity (Wildman–Crippen MR) is 86.9 cm³/mol. The van der Waals surface area contributed by atoms with Crippen LogP contribution in [-0.4, -0.2) is 0 Å². The van der Waals surface area contributed by atoms with Gasteiger partial charge in [-0.15, -0.1) is 0 Å². The molecular weight excluding hydrogens is 240 g/mol. The summed E-state index contributed by atoms with van der Waals surface area (Å²) in [6, 6.07) is 11.2. The average Bonchev–Trinajstić information content (AvgIpc) is 2.56. The average molecular weight is 270 g/mol. The van der Waals surface area contributed by atoms with Gasteiger partial charge in [0, 0.05) is 0 Å². The van der Waals surface area contributed by atoms with Crippen molar-refractivity contribution in [2.75, 3.05) is 0 Å². The highest BCUT2D eigenvalue weighted by molar-refractivity contribution is 5.19. The molecule has 1 aromatic rings. The Morgan fingerprint density at radius 1 is 0.750 bits per heavy atom. The van der Waals surface area contributed by atoms with Gasteiger partial charge in [0.2, 0.25) is 0 Å². The van der Waals surface area contributed by atoms with Gasteiger partial charge < -0.3 is 0 Å². The van der Waals surface area contributed by atoms with E-state index in [-0.39, 0.29) is 0 Å². The summed E-state index contributed by atoms with van der Waals surface area (Å²) in [5.41, 5.74) is 1.58. The fourth-order valence-corrected chi connectivity index (χ4v) is 4.72. The van der Waals surface area contributed by atoms with E-state index in [2.05, 4.69) is 37.3 Å². The number of hydrogen-bond acceptors (Lipinski definition) is 0. The molecule has 0 amide bonds. The Balaban J connectivity index is 1.49. The van der Waals surface area contributed by atoms with Crippen LogP contribution in [0.15, 0.2) is 30.3 Å². The maximum Gasteiger partial charge on any atom is -0.0162 e. The molecular formula is C20H30. The third kappa shape index (κ3) is 3.27. The van der Waals surface area contributed by atoms with Gasteiger partial charge in [0.15, 0.2) is 0 Å². The monoisotopic (exact) mass is 270 g/mol. The maximum atomic E-state index is 2.37. The van der Waals surface area contributed by atoms with Crippen LogP contribution < -0.4 is 0 Å². The van der Waals surface area contributed by atoms with Crippen LogP contribution in [0.3, 0.4) is 0 Å². The molecule has 2 saturated carbocycles. The molecule has 0 heterocycles. The van der Waals surface area contributed by atoms with Gasteiger partial charge in [-0.25, -0.2) is 0 Å². The van der Waals surface area contributed by atoms with Gasteiger partial charge in [-0.2, -0.15) is 0 Å². The minimum Gasteiger partial charge on any atom is -0.0651 e. The molecule has 2 aliphatic rings. The van der Waals surface area contributed by atoms with Crippen LogP contribution in [0.5, 0.6) is 0 Å². The first-order valence-electron chi connectivity index (χ1n) is 8.91. The molecule has 3 rings (SSSR count). The third-order valence-electron chi connectivity index (χ3n) is 6.18. The lowest BCUT2D eigenvalue weighted by molar-refractivity contribution is 0.158. The van der Waals surface area contributed by atoms with Crippen molar-refractivity contribution in [2.45, 2.75) is 70.6 Å². The summed E-state index contributed by atoms with van der Waals surface area (Å²) >= 11 is 0. The molecule has 110 valence electrons. The Labute approximate surface area is 125 Å². The molecule has 1 aromatic carbocycles. The number of benzene rings is 1. The van der Waals surface area contributed by atoms with Crippen LogP contribution in [0.1, 0.15) is 76.2 Å². The van der Waals surface area contributed by atoms with Crippen molar-refractivity contribution in [1.82, 2.24) is 0 Å². The summed E-state index contributed by atoms with van der Waals surface area (Å²) in [6.45, 7) is 2.37. The highest BCUT2D eigenvalue weighted by atomic mass is 14.4. The summed E-state index contributed by atoms with van der Waals surface area (Å²) in [7, 11) is 0. The molecule has 0 bridgehead atoms. The largest absolute Gasteiger partial charge is 0.0651 e. The Kier molecular flexibility index (Phi) is 4.81. The van der Waals surface area contributed by atoms with Gasteiger partial charge in [0.25, 0.3) is 0 Å². The van der Waals surface area contributed by atoms with Gasteiger partial charge in [-0.05, 0) is 67.8 Å². The Morgan fingerprint density at radius 2 is 1.30 bits per heavy atom. The van der Waals surface area contributed by atoms with E-state index in [9.17, 15) is 0 Å². The van der Waals surface area contributed by atoms with Gasteiger partial charge >= 0.3 is 0 Å². The smallest absolute Gasteiger partial charge is 0.0162 e. The van der Waals surface area contributed by atoms with Gasteiger partial charge in [-0.3, -0.25) is 0 Å². The van der Waals surface area contributed by atoms with Crippen LogP contribution in [0.2, 0.25) is 0 Å². The molecule has 0 nitrogen and oxygen atoms in total. The van der Waals surface area contributed by atoms with E-state index in [4.69, 9.17) is 0 Å². The molecule has 0 atom stereocenters. The summed E-state index contributed by atoms with van der Waals surface area (Å²) in [4.78, 5) is 0. The minimum atomic E-state index is 0.847. The van der Waals surface area contributed by atoms with Crippen LogP contribution >= 0.6 is 0 Å². The molecule has 2 fully saturated rings. The van der Waals surface area contributed by atoms with Crippen molar-refractivity contribution in [3.63, 3.8) is 0 Å². The fourth-order valence-electron chi connectivity index (χ4n) is 4.72. The second kappa shape index (κ2) is 6.78. The van der Waals surface area contributed by atoms with Gasteiger partial charge in [0.05, 0.1) is 0 Å². The molecule has 0 unspecified atom stereocenters. The Bertz CT molecular complexity index is 378. The highest BCUT2D eigenvalue weighted by Gasteiger charge is 2.30. The number of rotatable bonds is 3. The molecule has 0 aliphatic heterocycles. The Hall–Kier alpha value is -0.780. The highest BCUT2D eigenvalue weighted by Crippen LogP contribution is 2.44. The zero-order chi connectivity index (χ0) is 13.8. The van der Waals surface area contributed by atoms with Crippen molar-refractivity contribution in [3.8, 4) is 0 Å². The van der Waals surface area contributed by atoms with E-state index in [0.29, 0.717) is 0 Å². The third-order valence-corrected chi connectivity index (χ3v) is 6.18. The molecule has 0 spiro atoms. The second-order valence-electron chi connectivity index (χ2n) is 7.21. The molecule has 20 heavy (non-hydrogen) atoms. The zero-order valence-corrected chi connectivity index (χ0v) is 13.1. The summed E-state index contributed by atoms with van der Waals surface area (Å²) in [5.74, 6) is 4.01. The van der Waals surface area contributed by atoms with E-state index in [0.717, 1.165) is 23.7 Å². The predicted octanol–water partition coefficient (Wildman–Crippen LogP) is 6.18. The number of hydrogen-bond donors (Lipinski definition) is 0. The van der Waals surface area contributed by atoms with Crippen LogP contribution in [-0.2, 0) is 0 Å². The molecule has 0 N–H and O–H groups in total. The van der Waals surface area contributed by atoms with Crippen LogP contribution in [0.25, 0.3) is 0 Å². The van der Waals surface area contributed by atoms with Crippen LogP contribution in [0.4, 0.5) is 0 Å². The lowest BCUT2D eigenvalue weighted by Crippen LogP contribution is -2.25. The standard InChI is InChI=1S/C20H30/c1-2-16-8-10-18(11-9-16)20-14-12-19(13-15-20)17-6-4-3-5-7-17/h3-7,16,18-20H,2,8-15H2,1H3. The zero-order valence-electron chi connectivity index (χ0n) is 13.1. The van der Waals surface area contributed by atoms with Crippen molar-refractivity contribution in [2.24, 2.45) is 17.8 Å². The van der Waals surface area contributed by atoms with Gasteiger partial charge in [0.1, 0.15) is 0 Å². The van der Waals surface area contributed by atoms with Crippen molar-refractivity contribution < 1.29 is 0 Å². The van der Waals surface area contributed by atoms with Crippen molar-refractivity contribution in [3.05, 3.63) is 35.9 Å². The maximum absolute atomic E-state index is 2.37. The quantitative estimate of drug-likeness (QED) is 0.615. The molecule has 0 aromatic heterocycles. The van der Waals surface area contributed by atoms with E-state index >= 15 is 0 Å². The SMILES string of the molecule is CCC1CCC(C2CCC(c3ccccc3)CC2)CC1. The van der Waals surface area contributed by atoms with Crippen LogP contribution in [0, 0.1) is 17.8 Å². The lowest BCUT2D eigenvalue weighted by atomic mass is 9.68. The summed E-state index contributed by atoms with van der Waals surface area (Å²) < 4.78 is 0. The van der Waals surface area contributed by atoms with E-state index in [1.165, 1.54) is 57.8 Å². The molecule has 0 heteroatoms. The van der Waals surface area contributed by atoms with Crippen molar-refractivity contribution in [1.29, 1.82) is 0 Å². The second-order valence-corrected chi connectivity index (χ2v) is 7.21. The fraction of sp³-hybridized carbons (Fsp3) is 0.700. The first-order chi connectivity index (χ1) is 9.86. The van der Waals surface area contributed by atoms with E-state index in [1.54, 1.807) is 5.56 Å². The first kappa shape index (κ1) is 14.2. The Morgan fingerprint density at radius 3 is 1.85 bits per heavy atom. The first-order valence-corrected chi connectivity index (χ1v) is 8.91. The lowest BCUT2D eigenvalue weighted by Gasteiger charge is -2.37. The van der Waals surface area contributed by atoms with Crippen molar-refractivity contribution >= 4 is 0 Å². The minimum absolute atomic E-state index is 0.847. The van der Waals surface area contributed by atoms with E-state index < -0.39 is 0 Å². The molecule has 0 saturated heterocycles. The molecule has 0 radical (unpaired) electrons. The van der Waals surface area contributed by atoms with E-state index in [1.807, 2.05) is 0 Å². The van der Waals surface area contributed by atoms with Gasteiger partial charge in [-0.1, -0.05) is 56.5 Å². The summed E-state index contributed by atoms with van der Waals surface area (Å²) in [5, 5.41) is 0. The normalized spacial score (nSPS) is 34.9. The topological polar surface area (TPSA) is 0 Å². The molecule has 2 aliphatic carbocycles. The summed E-state index contributed by atoms with van der Waals surface area (Å²) in [6.07, 6.45) is 13.3.